The molecule has 0 amide bonds. The van der Waals surface area contributed by atoms with Crippen LogP contribution in [0.3, 0.4) is 0 Å². The lowest BCUT2D eigenvalue weighted by molar-refractivity contribution is 0.677. The van der Waals surface area contributed by atoms with E-state index in [1.54, 1.807) is 0 Å². The van der Waals surface area contributed by atoms with Crippen molar-refractivity contribution in [3.8, 4) is 0 Å². The Morgan fingerprint density at radius 1 is 1.33 bits per heavy atom. The highest BCUT2D eigenvalue weighted by molar-refractivity contribution is 5.46. The molecule has 1 unspecified atom stereocenters. The van der Waals surface area contributed by atoms with E-state index in [9.17, 15) is 0 Å². The Balaban J connectivity index is 2.34. The van der Waals surface area contributed by atoms with Crippen LogP contribution in [0.2, 0.25) is 0 Å². The molecule has 0 saturated carbocycles. The minimum Gasteiger partial charge on any atom is -0.402 e. The van der Waals surface area contributed by atoms with Crippen LogP contribution in [0.25, 0.3) is 0 Å². The molecule has 15 heavy (non-hydrogen) atoms. The van der Waals surface area contributed by atoms with Crippen molar-refractivity contribution < 1.29 is 0 Å². The summed E-state index contributed by atoms with van der Waals surface area (Å²) in [5, 5.41) is 0. The van der Waals surface area contributed by atoms with Gasteiger partial charge in [-0.25, -0.2) is 0 Å². The number of rotatable bonds is 1. The first-order valence-corrected chi connectivity index (χ1v) is 5.71. The molecule has 2 aliphatic carbocycles. The SMILES string of the molecule is CC1=C(C2=CC=CCC2C)CCC(N)=C1. The van der Waals surface area contributed by atoms with Crippen LogP contribution in [0.5, 0.6) is 0 Å². The normalized spacial score (nSPS) is 26.4. The lowest BCUT2D eigenvalue weighted by Crippen LogP contribution is -2.10. The fraction of sp³-hybridized carbons (Fsp3) is 0.429. The zero-order valence-electron chi connectivity index (χ0n) is 9.59. The van der Waals surface area contributed by atoms with Crippen LogP contribution in [-0.4, -0.2) is 0 Å². The monoisotopic (exact) mass is 201 g/mol. The van der Waals surface area contributed by atoms with Crippen LogP contribution in [0.4, 0.5) is 0 Å². The van der Waals surface area contributed by atoms with Gasteiger partial charge in [-0.15, -0.1) is 0 Å². The predicted molar refractivity (Wildman–Crippen MR) is 65.2 cm³/mol. The lowest BCUT2D eigenvalue weighted by Gasteiger charge is -2.24. The Labute approximate surface area is 92.1 Å². The van der Waals surface area contributed by atoms with Gasteiger partial charge in [0.1, 0.15) is 0 Å². The predicted octanol–water partition coefficient (Wildman–Crippen LogP) is 3.46. The molecular formula is C14H19N. The molecule has 1 atom stereocenters. The van der Waals surface area contributed by atoms with E-state index in [4.69, 9.17) is 5.73 Å². The van der Waals surface area contributed by atoms with Gasteiger partial charge in [0.25, 0.3) is 0 Å². The summed E-state index contributed by atoms with van der Waals surface area (Å²) in [6.07, 6.45) is 12.1. The van der Waals surface area contributed by atoms with Crippen molar-refractivity contribution >= 4 is 0 Å². The molecular weight excluding hydrogens is 182 g/mol. The Kier molecular flexibility index (Phi) is 2.81. The van der Waals surface area contributed by atoms with E-state index in [-0.39, 0.29) is 0 Å². The van der Waals surface area contributed by atoms with Crippen molar-refractivity contribution in [1.82, 2.24) is 0 Å². The maximum atomic E-state index is 5.85. The molecule has 0 bridgehead atoms. The van der Waals surface area contributed by atoms with E-state index in [1.807, 2.05) is 0 Å². The van der Waals surface area contributed by atoms with Crippen LogP contribution < -0.4 is 5.73 Å². The fourth-order valence-corrected chi connectivity index (χ4v) is 2.42. The molecule has 1 nitrogen and oxygen atoms in total. The van der Waals surface area contributed by atoms with Gasteiger partial charge in [0.15, 0.2) is 0 Å². The third kappa shape index (κ3) is 2.06. The zero-order chi connectivity index (χ0) is 10.8. The lowest BCUT2D eigenvalue weighted by atomic mass is 9.82. The average Bonchev–Trinajstić information content (AvgIpc) is 2.20. The average molecular weight is 201 g/mol. The molecule has 0 radical (unpaired) electrons. The molecule has 0 saturated heterocycles. The zero-order valence-corrected chi connectivity index (χ0v) is 9.59. The fourth-order valence-electron chi connectivity index (χ4n) is 2.42. The highest BCUT2D eigenvalue weighted by Crippen LogP contribution is 2.34. The number of nitrogens with two attached hydrogens (primary N) is 1. The highest BCUT2D eigenvalue weighted by atomic mass is 14.6. The molecule has 80 valence electrons. The van der Waals surface area contributed by atoms with E-state index in [0.29, 0.717) is 5.92 Å². The molecule has 0 aliphatic heterocycles. The van der Waals surface area contributed by atoms with Gasteiger partial charge in [0.05, 0.1) is 0 Å². The van der Waals surface area contributed by atoms with Crippen LogP contribution >= 0.6 is 0 Å². The molecule has 2 aliphatic rings. The van der Waals surface area contributed by atoms with E-state index >= 15 is 0 Å². The Hall–Kier alpha value is -1.24. The summed E-state index contributed by atoms with van der Waals surface area (Å²) in [6, 6.07) is 0. The first-order valence-electron chi connectivity index (χ1n) is 5.71. The number of hydrogen-bond acceptors (Lipinski definition) is 1. The van der Waals surface area contributed by atoms with Gasteiger partial charge in [-0.2, -0.15) is 0 Å². The highest BCUT2D eigenvalue weighted by Gasteiger charge is 2.18. The quantitative estimate of drug-likeness (QED) is 0.690. The molecule has 0 spiro atoms. The molecule has 0 fully saturated rings. The topological polar surface area (TPSA) is 26.0 Å². The molecule has 2 N–H and O–H groups in total. The summed E-state index contributed by atoms with van der Waals surface area (Å²) >= 11 is 0. The summed E-state index contributed by atoms with van der Waals surface area (Å²) in [7, 11) is 0. The van der Waals surface area contributed by atoms with Crippen LogP contribution in [0.1, 0.15) is 33.1 Å². The van der Waals surface area contributed by atoms with Gasteiger partial charge >= 0.3 is 0 Å². The molecule has 1 heteroatoms. The van der Waals surface area contributed by atoms with Crippen molar-refractivity contribution in [3.63, 3.8) is 0 Å². The Bertz CT molecular complexity index is 380. The van der Waals surface area contributed by atoms with Crippen molar-refractivity contribution in [3.05, 3.63) is 46.7 Å². The molecule has 0 heterocycles. The number of hydrogen-bond donors (Lipinski definition) is 1. The Morgan fingerprint density at radius 3 is 2.80 bits per heavy atom. The molecule has 0 aromatic carbocycles. The van der Waals surface area contributed by atoms with Gasteiger partial charge in [-0.3, -0.25) is 0 Å². The van der Waals surface area contributed by atoms with E-state index in [0.717, 1.165) is 18.5 Å². The Morgan fingerprint density at radius 2 is 2.13 bits per heavy atom. The van der Waals surface area contributed by atoms with Crippen LogP contribution in [-0.2, 0) is 0 Å². The second kappa shape index (κ2) is 4.09. The van der Waals surface area contributed by atoms with Crippen molar-refractivity contribution in [2.75, 3.05) is 0 Å². The summed E-state index contributed by atoms with van der Waals surface area (Å²) in [6.45, 7) is 4.48. The van der Waals surface area contributed by atoms with E-state index in [2.05, 4.69) is 38.2 Å². The van der Waals surface area contributed by atoms with Crippen molar-refractivity contribution in [2.24, 2.45) is 11.7 Å². The standard InChI is InChI=1S/C14H19N/c1-10-5-3-4-6-13(10)14-8-7-12(15)9-11(14)2/h3-4,6,9-10H,5,7-8,15H2,1-2H3. The van der Waals surface area contributed by atoms with Crippen molar-refractivity contribution in [1.29, 1.82) is 0 Å². The number of allylic oxidation sites excluding steroid dienone is 8. The summed E-state index contributed by atoms with van der Waals surface area (Å²) in [4.78, 5) is 0. The minimum absolute atomic E-state index is 0.660. The largest absolute Gasteiger partial charge is 0.402 e. The van der Waals surface area contributed by atoms with Gasteiger partial charge in [0.2, 0.25) is 0 Å². The van der Waals surface area contributed by atoms with E-state index in [1.165, 1.54) is 23.1 Å². The molecule has 0 aromatic rings. The van der Waals surface area contributed by atoms with Gasteiger partial charge in [-0.05, 0) is 54.9 Å². The summed E-state index contributed by atoms with van der Waals surface area (Å²) in [5.74, 6) is 0.660. The third-order valence-electron chi connectivity index (χ3n) is 3.32. The molecule has 2 rings (SSSR count). The second-order valence-corrected chi connectivity index (χ2v) is 4.57. The van der Waals surface area contributed by atoms with Crippen LogP contribution in [0.15, 0.2) is 46.7 Å². The van der Waals surface area contributed by atoms with E-state index < -0.39 is 0 Å². The first-order chi connectivity index (χ1) is 7.18. The smallest absolute Gasteiger partial charge is 0.00865 e. The molecule has 0 aromatic heterocycles. The maximum absolute atomic E-state index is 5.85. The minimum atomic E-state index is 0.660. The second-order valence-electron chi connectivity index (χ2n) is 4.57. The summed E-state index contributed by atoms with van der Waals surface area (Å²) < 4.78 is 0. The summed E-state index contributed by atoms with van der Waals surface area (Å²) in [5.41, 5.74) is 11.3. The van der Waals surface area contributed by atoms with Crippen LogP contribution in [0, 0.1) is 5.92 Å². The van der Waals surface area contributed by atoms with Gasteiger partial charge in [-0.1, -0.05) is 25.2 Å². The van der Waals surface area contributed by atoms with Crippen molar-refractivity contribution in [2.45, 2.75) is 33.1 Å². The van der Waals surface area contributed by atoms with Gasteiger partial charge in [0, 0.05) is 5.70 Å². The third-order valence-corrected chi connectivity index (χ3v) is 3.32. The first kappa shape index (κ1) is 10.3. The maximum Gasteiger partial charge on any atom is 0.00865 e. The van der Waals surface area contributed by atoms with Gasteiger partial charge < -0.3 is 5.73 Å².